The molecular weight excluding hydrogens is 422 g/mol. The van der Waals surface area contributed by atoms with Gasteiger partial charge in [0.2, 0.25) is 20.0 Å². The lowest BCUT2D eigenvalue weighted by Crippen LogP contribution is -2.37. The molecule has 11 nitrogen and oxygen atoms in total. The van der Waals surface area contributed by atoms with Gasteiger partial charge in [0.25, 0.3) is 5.69 Å². The molecule has 158 valence electrons. The Morgan fingerprint density at radius 3 is 2.21 bits per heavy atom. The third-order valence-electron chi connectivity index (χ3n) is 4.74. The number of hydrogen-bond acceptors (Lipinski definition) is 7. The molecule has 1 aromatic heterocycles. The number of non-ortho nitro benzene ring substituents is 1. The summed E-state index contributed by atoms with van der Waals surface area (Å²) in [4.78, 5) is 10.2. The van der Waals surface area contributed by atoms with Crippen LogP contribution < -0.4 is 0 Å². The van der Waals surface area contributed by atoms with Crippen molar-refractivity contribution in [1.82, 2.24) is 18.8 Å². The van der Waals surface area contributed by atoms with Crippen LogP contribution in [0.15, 0.2) is 34.1 Å². The molecule has 0 saturated carbocycles. The van der Waals surface area contributed by atoms with Gasteiger partial charge in [-0.2, -0.15) is 13.7 Å². The molecular formula is C16H21N5O6S2. The molecule has 1 saturated heterocycles. The van der Waals surface area contributed by atoms with Gasteiger partial charge in [0.15, 0.2) is 0 Å². The van der Waals surface area contributed by atoms with E-state index in [9.17, 15) is 26.9 Å². The van der Waals surface area contributed by atoms with Crippen molar-refractivity contribution >= 4 is 25.7 Å². The van der Waals surface area contributed by atoms with Crippen LogP contribution in [0.3, 0.4) is 0 Å². The van der Waals surface area contributed by atoms with Crippen LogP contribution in [0.25, 0.3) is 0 Å². The van der Waals surface area contributed by atoms with E-state index in [1.807, 2.05) is 0 Å². The van der Waals surface area contributed by atoms with E-state index in [1.54, 1.807) is 13.8 Å². The summed E-state index contributed by atoms with van der Waals surface area (Å²) in [6.07, 6.45) is 0.295. The summed E-state index contributed by atoms with van der Waals surface area (Å²) < 4.78 is 54.3. The van der Waals surface area contributed by atoms with Crippen molar-refractivity contribution in [2.45, 2.75) is 30.1 Å². The Kier molecular flexibility index (Phi) is 5.76. The van der Waals surface area contributed by atoms with Crippen LogP contribution in [-0.4, -0.2) is 66.7 Å². The molecule has 3 rings (SSSR count). The first-order valence-corrected chi connectivity index (χ1v) is 11.7. The summed E-state index contributed by atoms with van der Waals surface area (Å²) in [7, 11) is -7.82. The molecule has 29 heavy (non-hydrogen) atoms. The number of H-pyrrole nitrogens is 1. The molecule has 2 heterocycles. The molecule has 0 aliphatic carbocycles. The number of sulfonamides is 2. The van der Waals surface area contributed by atoms with Gasteiger partial charge in [0.1, 0.15) is 4.90 Å². The molecule has 0 bridgehead atoms. The number of aryl methyl sites for hydroxylation is 2. The topological polar surface area (TPSA) is 147 Å². The fourth-order valence-corrected chi connectivity index (χ4v) is 6.62. The predicted molar refractivity (Wildman–Crippen MR) is 103 cm³/mol. The van der Waals surface area contributed by atoms with Crippen LogP contribution in [0.1, 0.15) is 17.8 Å². The smallest absolute Gasteiger partial charge is 0.270 e. The number of aromatic nitrogens is 2. The molecule has 13 heteroatoms. The van der Waals surface area contributed by atoms with Crippen LogP contribution in [0.5, 0.6) is 0 Å². The van der Waals surface area contributed by atoms with Crippen LogP contribution in [0, 0.1) is 24.0 Å². The van der Waals surface area contributed by atoms with Crippen molar-refractivity contribution in [1.29, 1.82) is 0 Å². The van der Waals surface area contributed by atoms with Gasteiger partial charge in [-0.1, -0.05) is 6.07 Å². The van der Waals surface area contributed by atoms with E-state index in [0.717, 1.165) is 10.4 Å². The van der Waals surface area contributed by atoms with E-state index in [0.29, 0.717) is 17.8 Å². The van der Waals surface area contributed by atoms with Gasteiger partial charge >= 0.3 is 0 Å². The van der Waals surface area contributed by atoms with E-state index in [4.69, 9.17) is 0 Å². The number of nitrogens with one attached hydrogen (secondary N) is 1. The number of hydrogen-bond donors (Lipinski definition) is 1. The van der Waals surface area contributed by atoms with Crippen LogP contribution in [0.4, 0.5) is 5.69 Å². The summed E-state index contributed by atoms with van der Waals surface area (Å²) in [5, 5.41) is 17.5. The third kappa shape index (κ3) is 4.03. The molecule has 0 amide bonds. The molecule has 0 radical (unpaired) electrons. The fourth-order valence-electron chi connectivity index (χ4n) is 3.31. The summed E-state index contributed by atoms with van der Waals surface area (Å²) in [5.41, 5.74) is 0.455. The van der Waals surface area contributed by atoms with Crippen molar-refractivity contribution in [3.05, 3.63) is 45.8 Å². The Morgan fingerprint density at radius 2 is 1.66 bits per heavy atom. The number of nitro benzene ring substituents is 1. The molecule has 0 unspecified atom stereocenters. The van der Waals surface area contributed by atoms with Crippen LogP contribution in [0.2, 0.25) is 0 Å². The molecule has 1 fully saturated rings. The molecule has 1 aromatic carbocycles. The van der Waals surface area contributed by atoms with Gasteiger partial charge in [-0.25, -0.2) is 16.8 Å². The first-order chi connectivity index (χ1) is 13.5. The summed E-state index contributed by atoms with van der Waals surface area (Å²) in [6, 6.07) is 4.82. The van der Waals surface area contributed by atoms with Gasteiger partial charge in [0.05, 0.1) is 21.2 Å². The highest BCUT2D eigenvalue weighted by molar-refractivity contribution is 7.89. The van der Waals surface area contributed by atoms with Crippen molar-refractivity contribution < 1.29 is 21.8 Å². The first kappa shape index (κ1) is 21.4. The summed E-state index contributed by atoms with van der Waals surface area (Å²) in [5.74, 6) is 0. The second-order valence-electron chi connectivity index (χ2n) is 6.68. The zero-order valence-corrected chi connectivity index (χ0v) is 17.5. The zero-order chi connectivity index (χ0) is 21.4. The van der Waals surface area contributed by atoms with Crippen molar-refractivity contribution in [2.75, 3.05) is 26.2 Å². The minimum absolute atomic E-state index is 0.0272. The Bertz CT molecular complexity index is 1120. The minimum Gasteiger partial charge on any atom is -0.281 e. The minimum atomic E-state index is -3.99. The first-order valence-electron chi connectivity index (χ1n) is 8.81. The number of nitro groups is 1. The van der Waals surface area contributed by atoms with E-state index in [-0.39, 0.29) is 41.7 Å². The zero-order valence-electron chi connectivity index (χ0n) is 15.9. The van der Waals surface area contributed by atoms with Gasteiger partial charge < -0.3 is 0 Å². The predicted octanol–water partition coefficient (Wildman–Crippen LogP) is 1.02. The molecule has 2 aromatic rings. The molecule has 1 N–H and O–H groups in total. The summed E-state index contributed by atoms with van der Waals surface area (Å²) in [6.45, 7) is 3.39. The maximum atomic E-state index is 13.0. The lowest BCUT2D eigenvalue weighted by Gasteiger charge is -2.21. The quantitative estimate of drug-likeness (QED) is 0.536. The molecule has 0 spiro atoms. The molecule has 0 atom stereocenters. The Morgan fingerprint density at radius 1 is 1.03 bits per heavy atom. The van der Waals surface area contributed by atoms with Gasteiger partial charge in [-0.05, 0) is 26.3 Å². The number of benzene rings is 1. The standard InChI is InChI=1S/C16H21N5O6S2/c1-12-16(13(2)18-17-12)29(26,27)20-8-4-7-19(9-10-20)28(24,25)15-6-3-5-14(11-15)21(22)23/h3,5-6,11H,4,7-10H2,1-2H3,(H,17,18). The third-order valence-corrected chi connectivity index (χ3v) is 8.80. The highest BCUT2D eigenvalue weighted by Gasteiger charge is 2.34. The van der Waals surface area contributed by atoms with Gasteiger partial charge in [0, 0.05) is 38.3 Å². The Labute approximate surface area is 168 Å². The Balaban J connectivity index is 1.84. The fraction of sp³-hybridized carbons (Fsp3) is 0.438. The van der Waals surface area contributed by atoms with E-state index < -0.39 is 25.0 Å². The summed E-state index contributed by atoms with van der Waals surface area (Å²) >= 11 is 0. The molecule has 1 aliphatic heterocycles. The van der Waals surface area contributed by atoms with Crippen molar-refractivity contribution in [3.8, 4) is 0 Å². The second-order valence-corrected chi connectivity index (χ2v) is 10.5. The number of nitrogens with zero attached hydrogens (tertiary/aromatic N) is 4. The average molecular weight is 444 g/mol. The number of aromatic amines is 1. The normalized spacial score (nSPS) is 17.2. The SMILES string of the molecule is Cc1n[nH]c(C)c1S(=O)(=O)N1CCCN(S(=O)(=O)c2cccc([N+](=O)[O-])c2)CC1. The van der Waals surface area contributed by atoms with Gasteiger partial charge in [-0.15, -0.1) is 0 Å². The second kappa shape index (κ2) is 7.82. The molecule has 1 aliphatic rings. The van der Waals surface area contributed by atoms with Crippen LogP contribution in [-0.2, 0) is 20.0 Å². The number of rotatable bonds is 5. The van der Waals surface area contributed by atoms with Crippen molar-refractivity contribution in [2.24, 2.45) is 0 Å². The monoisotopic (exact) mass is 443 g/mol. The Hall–Kier alpha value is -2.35. The largest absolute Gasteiger partial charge is 0.281 e. The lowest BCUT2D eigenvalue weighted by atomic mass is 10.3. The van der Waals surface area contributed by atoms with E-state index in [1.165, 1.54) is 22.5 Å². The van der Waals surface area contributed by atoms with Crippen molar-refractivity contribution in [3.63, 3.8) is 0 Å². The average Bonchev–Trinajstić information content (AvgIpc) is 2.87. The highest BCUT2D eigenvalue weighted by Crippen LogP contribution is 2.25. The van der Waals surface area contributed by atoms with Crippen LogP contribution >= 0.6 is 0 Å². The van der Waals surface area contributed by atoms with E-state index in [2.05, 4.69) is 10.2 Å². The lowest BCUT2D eigenvalue weighted by molar-refractivity contribution is -0.385. The highest BCUT2D eigenvalue weighted by atomic mass is 32.2. The maximum absolute atomic E-state index is 13.0. The maximum Gasteiger partial charge on any atom is 0.270 e. The van der Waals surface area contributed by atoms with E-state index >= 15 is 0 Å². The van der Waals surface area contributed by atoms with Gasteiger partial charge in [-0.3, -0.25) is 15.2 Å².